The van der Waals surface area contributed by atoms with Crippen LogP contribution in [0.5, 0.6) is 0 Å². The van der Waals surface area contributed by atoms with E-state index >= 15 is 0 Å². The molecule has 4 rings (SSSR count). The third-order valence-electron chi connectivity index (χ3n) is 6.82. The molecule has 1 aromatic carbocycles. The van der Waals surface area contributed by atoms with Crippen LogP contribution in [-0.4, -0.2) is 22.5 Å². The first-order chi connectivity index (χ1) is 11.8. The molecule has 2 atom stereocenters. The first kappa shape index (κ1) is 15.9. The average molecular weight is 336 g/mol. The van der Waals surface area contributed by atoms with Gasteiger partial charge in [-0.2, -0.15) is 0 Å². The van der Waals surface area contributed by atoms with E-state index in [0.717, 1.165) is 10.9 Å². The van der Waals surface area contributed by atoms with Gasteiger partial charge in [-0.3, -0.25) is 19.4 Å². The van der Waals surface area contributed by atoms with Crippen LogP contribution in [0, 0.1) is 16.2 Å². The van der Waals surface area contributed by atoms with Crippen molar-refractivity contribution < 1.29 is 14.4 Å². The highest BCUT2D eigenvalue weighted by molar-refractivity contribution is 6.49. The largest absolute Gasteiger partial charge is 0.325 e. The summed E-state index contributed by atoms with van der Waals surface area (Å²) in [6.45, 7) is 5.55. The monoisotopic (exact) mass is 336 g/mol. The summed E-state index contributed by atoms with van der Waals surface area (Å²) in [5.74, 6) is -1.32. The Kier molecular flexibility index (Phi) is 3.03. The van der Waals surface area contributed by atoms with E-state index in [9.17, 15) is 14.4 Å². The maximum Gasteiger partial charge on any atom is 0.239 e. The van der Waals surface area contributed by atoms with E-state index in [1.807, 2.05) is 39.0 Å². The molecule has 5 heteroatoms. The van der Waals surface area contributed by atoms with Crippen LogP contribution in [0.1, 0.15) is 33.6 Å². The highest BCUT2D eigenvalue weighted by Gasteiger charge is 2.77. The molecule has 1 amide bonds. The summed E-state index contributed by atoms with van der Waals surface area (Å²) in [5.41, 5.74) is -1.38. The van der Waals surface area contributed by atoms with Gasteiger partial charge in [0.2, 0.25) is 17.5 Å². The lowest BCUT2D eigenvalue weighted by Gasteiger charge is -2.37. The van der Waals surface area contributed by atoms with Crippen LogP contribution in [0.25, 0.3) is 10.9 Å². The molecule has 2 aliphatic rings. The van der Waals surface area contributed by atoms with E-state index in [2.05, 4.69) is 10.3 Å². The van der Waals surface area contributed by atoms with Crippen molar-refractivity contribution >= 4 is 34.1 Å². The Morgan fingerprint density at radius 1 is 1.04 bits per heavy atom. The van der Waals surface area contributed by atoms with Gasteiger partial charge in [0, 0.05) is 17.0 Å². The third kappa shape index (κ3) is 1.68. The van der Waals surface area contributed by atoms with E-state index in [1.165, 1.54) is 0 Å². The van der Waals surface area contributed by atoms with Crippen LogP contribution in [-0.2, 0) is 14.4 Å². The van der Waals surface area contributed by atoms with Crippen molar-refractivity contribution in [1.29, 1.82) is 0 Å². The highest BCUT2D eigenvalue weighted by Crippen LogP contribution is 2.69. The zero-order chi connectivity index (χ0) is 18.0. The van der Waals surface area contributed by atoms with E-state index in [0.29, 0.717) is 18.5 Å². The minimum atomic E-state index is -1.29. The number of fused-ring (bicyclic) bond motifs is 3. The number of Topliss-reactive ketones (excluding diaryl/α,β-unsaturated/α-hetero) is 2. The number of hydrogen-bond donors (Lipinski definition) is 1. The molecule has 0 spiro atoms. The third-order valence-corrected chi connectivity index (χ3v) is 6.82. The standard InChI is InChI=1S/C20H20N2O3/c1-18(2)19(3)9-10-20(18,16(24)15(19)23)17(25)22-14-8-4-7-13-12(14)6-5-11-21-13/h4-8,11H,9-10H2,1-3H3,(H,22,25)/t19-,20-/m1/s1. The van der Waals surface area contributed by atoms with Crippen LogP contribution in [0.3, 0.4) is 0 Å². The lowest BCUT2D eigenvalue weighted by atomic mass is 9.64. The molecule has 0 radical (unpaired) electrons. The van der Waals surface area contributed by atoms with Crippen LogP contribution < -0.4 is 5.32 Å². The summed E-state index contributed by atoms with van der Waals surface area (Å²) in [5, 5.41) is 3.73. The number of nitrogens with zero attached hydrogens (tertiary/aromatic N) is 1. The fourth-order valence-corrected chi connectivity index (χ4v) is 4.71. The molecule has 0 unspecified atom stereocenters. The van der Waals surface area contributed by atoms with Gasteiger partial charge < -0.3 is 5.32 Å². The van der Waals surface area contributed by atoms with Crippen molar-refractivity contribution in [2.24, 2.45) is 16.2 Å². The first-order valence-electron chi connectivity index (χ1n) is 8.50. The Morgan fingerprint density at radius 3 is 2.48 bits per heavy atom. The van der Waals surface area contributed by atoms with Crippen LogP contribution >= 0.6 is 0 Å². The van der Waals surface area contributed by atoms with Gasteiger partial charge in [-0.15, -0.1) is 0 Å². The van der Waals surface area contributed by atoms with Crippen LogP contribution in [0.2, 0.25) is 0 Å². The Labute approximate surface area is 145 Å². The van der Waals surface area contributed by atoms with Crippen LogP contribution in [0.15, 0.2) is 36.5 Å². The number of aromatic nitrogens is 1. The van der Waals surface area contributed by atoms with E-state index in [1.54, 1.807) is 18.3 Å². The Bertz CT molecular complexity index is 944. The summed E-state index contributed by atoms with van der Waals surface area (Å²) in [6, 6.07) is 9.15. The molecule has 2 aliphatic carbocycles. The van der Waals surface area contributed by atoms with Crippen molar-refractivity contribution in [3.63, 3.8) is 0 Å². The summed E-state index contributed by atoms with van der Waals surface area (Å²) < 4.78 is 0. The van der Waals surface area contributed by atoms with Gasteiger partial charge in [0.05, 0.1) is 11.2 Å². The number of carbonyl (C=O) groups is 3. The van der Waals surface area contributed by atoms with E-state index in [-0.39, 0.29) is 5.91 Å². The van der Waals surface area contributed by atoms with Gasteiger partial charge in [0.1, 0.15) is 5.41 Å². The molecule has 1 N–H and O–H groups in total. The molecule has 2 bridgehead atoms. The smallest absolute Gasteiger partial charge is 0.239 e. The van der Waals surface area contributed by atoms with Gasteiger partial charge in [0.25, 0.3) is 0 Å². The van der Waals surface area contributed by atoms with Crippen molar-refractivity contribution in [3.8, 4) is 0 Å². The van der Waals surface area contributed by atoms with E-state index in [4.69, 9.17) is 0 Å². The summed E-state index contributed by atoms with van der Waals surface area (Å²) >= 11 is 0. The second-order valence-corrected chi connectivity index (χ2v) is 7.85. The molecular weight excluding hydrogens is 316 g/mol. The lowest BCUT2D eigenvalue weighted by molar-refractivity contribution is -0.147. The predicted octanol–water partition coefficient (Wildman–Crippen LogP) is 3.14. The number of anilines is 1. The van der Waals surface area contributed by atoms with Crippen molar-refractivity contribution in [2.75, 3.05) is 5.32 Å². The molecule has 25 heavy (non-hydrogen) atoms. The number of nitrogens with one attached hydrogen (secondary N) is 1. The number of benzene rings is 1. The molecule has 0 saturated heterocycles. The number of pyridine rings is 1. The van der Waals surface area contributed by atoms with Crippen molar-refractivity contribution in [1.82, 2.24) is 4.98 Å². The Balaban J connectivity index is 1.79. The van der Waals surface area contributed by atoms with Crippen molar-refractivity contribution in [3.05, 3.63) is 36.5 Å². The highest BCUT2D eigenvalue weighted by atomic mass is 16.2. The zero-order valence-electron chi connectivity index (χ0n) is 14.6. The average Bonchev–Trinajstić information content (AvgIpc) is 2.87. The number of hydrogen-bond acceptors (Lipinski definition) is 4. The molecule has 1 aromatic heterocycles. The Morgan fingerprint density at radius 2 is 1.80 bits per heavy atom. The number of rotatable bonds is 2. The fraction of sp³-hybridized carbons (Fsp3) is 0.400. The van der Waals surface area contributed by atoms with Gasteiger partial charge in [-0.25, -0.2) is 0 Å². The van der Waals surface area contributed by atoms with Gasteiger partial charge in [-0.05, 0) is 42.5 Å². The summed E-state index contributed by atoms with van der Waals surface area (Å²) in [6.07, 6.45) is 2.67. The van der Waals surface area contributed by atoms with Crippen LogP contribution in [0.4, 0.5) is 5.69 Å². The van der Waals surface area contributed by atoms with Crippen molar-refractivity contribution in [2.45, 2.75) is 33.6 Å². The molecule has 128 valence electrons. The SMILES string of the molecule is CC1(C)[C@]2(C(=O)Nc3cccc4ncccc34)CC[C@]1(C)C(=O)C2=O. The maximum atomic E-state index is 13.2. The second-order valence-electron chi connectivity index (χ2n) is 7.85. The van der Waals surface area contributed by atoms with E-state index < -0.39 is 27.8 Å². The lowest BCUT2D eigenvalue weighted by Crippen LogP contribution is -2.47. The fourth-order valence-electron chi connectivity index (χ4n) is 4.71. The topological polar surface area (TPSA) is 76.1 Å². The molecule has 2 aromatic rings. The molecule has 1 heterocycles. The maximum absolute atomic E-state index is 13.2. The minimum Gasteiger partial charge on any atom is -0.325 e. The molecule has 5 nitrogen and oxygen atoms in total. The molecular formula is C20H20N2O3. The first-order valence-corrected chi connectivity index (χ1v) is 8.50. The number of ketones is 2. The Hall–Kier alpha value is -2.56. The van der Waals surface area contributed by atoms with Gasteiger partial charge in [0.15, 0.2) is 0 Å². The second kappa shape index (κ2) is 4.75. The predicted molar refractivity (Wildman–Crippen MR) is 93.9 cm³/mol. The zero-order valence-corrected chi connectivity index (χ0v) is 14.6. The quantitative estimate of drug-likeness (QED) is 0.675. The minimum absolute atomic E-state index is 0.381. The molecule has 2 fully saturated rings. The summed E-state index contributed by atoms with van der Waals surface area (Å²) in [7, 11) is 0. The summed E-state index contributed by atoms with van der Waals surface area (Å²) in [4.78, 5) is 42.9. The molecule has 0 aliphatic heterocycles. The number of carbonyl (C=O) groups excluding carboxylic acids is 3. The normalized spacial score (nSPS) is 30.0. The van der Waals surface area contributed by atoms with Gasteiger partial charge in [-0.1, -0.05) is 26.8 Å². The number of amides is 1. The van der Waals surface area contributed by atoms with Gasteiger partial charge >= 0.3 is 0 Å². The molecule has 2 saturated carbocycles.